The van der Waals surface area contributed by atoms with E-state index in [1.165, 1.54) is 0 Å². The van der Waals surface area contributed by atoms with Crippen LogP contribution in [-0.4, -0.2) is 82.8 Å². The fourth-order valence-corrected chi connectivity index (χ4v) is 8.31. The Labute approximate surface area is 388 Å². The van der Waals surface area contributed by atoms with Crippen LogP contribution in [0.2, 0.25) is 0 Å². The van der Waals surface area contributed by atoms with Crippen molar-refractivity contribution in [3.8, 4) is 0 Å². The van der Waals surface area contributed by atoms with Gasteiger partial charge in [-0.05, 0) is 73.0 Å². The van der Waals surface area contributed by atoms with E-state index in [1.807, 2.05) is 142 Å². The Hall–Kier alpha value is -6.73. The summed E-state index contributed by atoms with van der Waals surface area (Å²) in [7, 11) is 1.70. The fourth-order valence-electron chi connectivity index (χ4n) is 8.31. The van der Waals surface area contributed by atoms with Crippen LogP contribution in [-0.2, 0) is 49.7 Å². The molecule has 66 heavy (non-hydrogen) atoms. The number of carbonyl (C=O) groups excluding carboxylic acids is 5. The van der Waals surface area contributed by atoms with E-state index in [4.69, 9.17) is 0 Å². The number of aromatic amines is 2. The van der Waals surface area contributed by atoms with E-state index >= 15 is 0 Å². The smallest absolute Gasteiger partial charge is 0.243 e. The third kappa shape index (κ3) is 13.2. The molecule has 13 nitrogen and oxygen atoms in total. The molecule has 2 aromatic heterocycles. The molecular formula is C53H66N8O5. The van der Waals surface area contributed by atoms with Crippen LogP contribution in [0, 0.1) is 11.8 Å². The highest BCUT2D eigenvalue weighted by atomic mass is 16.2. The maximum atomic E-state index is 14.8. The van der Waals surface area contributed by atoms with Crippen molar-refractivity contribution < 1.29 is 24.0 Å². The largest absolute Gasteiger partial charge is 0.361 e. The molecule has 8 N–H and O–H groups in total. The number of hydrogen-bond acceptors (Lipinski definition) is 6. The van der Waals surface area contributed by atoms with Crippen molar-refractivity contribution in [2.45, 2.75) is 109 Å². The lowest BCUT2D eigenvalue weighted by molar-refractivity contribution is -0.135. The molecule has 6 aromatic rings. The Bertz CT molecular complexity index is 2540. The zero-order valence-electron chi connectivity index (χ0n) is 38.9. The zero-order chi connectivity index (χ0) is 47.2. The van der Waals surface area contributed by atoms with Crippen LogP contribution in [0.3, 0.4) is 0 Å². The van der Waals surface area contributed by atoms with Gasteiger partial charge in [-0.2, -0.15) is 0 Å². The number of nitrogens with one attached hydrogen (secondary N) is 8. The molecule has 2 heterocycles. The summed E-state index contributed by atoms with van der Waals surface area (Å²) in [5.41, 5.74) is 5.08. The van der Waals surface area contributed by atoms with Gasteiger partial charge in [0.15, 0.2) is 0 Å². The summed E-state index contributed by atoms with van der Waals surface area (Å²) in [5, 5.41) is 20.0. The Morgan fingerprint density at radius 1 is 0.470 bits per heavy atom. The van der Waals surface area contributed by atoms with E-state index in [9.17, 15) is 24.0 Å². The highest BCUT2D eigenvalue weighted by Crippen LogP contribution is 2.22. The van der Waals surface area contributed by atoms with Gasteiger partial charge < -0.3 is 41.9 Å². The van der Waals surface area contributed by atoms with Gasteiger partial charge in [-0.3, -0.25) is 24.0 Å². The molecule has 5 amide bonds. The Morgan fingerprint density at radius 2 is 0.848 bits per heavy atom. The zero-order valence-corrected chi connectivity index (χ0v) is 38.9. The van der Waals surface area contributed by atoms with Gasteiger partial charge in [0, 0.05) is 59.5 Å². The van der Waals surface area contributed by atoms with Crippen molar-refractivity contribution >= 4 is 51.3 Å². The molecule has 0 radical (unpaired) electrons. The number of para-hydroxylation sites is 2. The third-order valence-corrected chi connectivity index (χ3v) is 12.5. The van der Waals surface area contributed by atoms with E-state index in [1.54, 1.807) is 7.05 Å². The summed E-state index contributed by atoms with van der Waals surface area (Å²) in [4.78, 5) is 78.6. The molecule has 0 aliphatic rings. The number of benzene rings is 4. The first-order valence-electron chi connectivity index (χ1n) is 23.2. The van der Waals surface area contributed by atoms with Crippen molar-refractivity contribution in [1.82, 2.24) is 41.9 Å². The molecule has 348 valence electrons. The lowest BCUT2D eigenvalue weighted by Crippen LogP contribution is -2.60. The lowest BCUT2D eigenvalue weighted by atomic mass is 9.98. The molecule has 4 aromatic carbocycles. The van der Waals surface area contributed by atoms with Crippen molar-refractivity contribution in [2.24, 2.45) is 11.8 Å². The van der Waals surface area contributed by atoms with E-state index in [-0.39, 0.29) is 49.0 Å². The van der Waals surface area contributed by atoms with Crippen molar-refractivity contribution in [3.63, 3.8) is 0 Å². The fraction of sp³-hybridized carbons (Fsp3) is 0.377. The minimum atomic E-state index is -1.17. The molecule has 0 aliphatic carbocycles. The van der Waals surface area contributed by atoms with Crippen molar-refractivity contribution in [2.75, 3.05) is 7.05 Å². The van der Waals surface area contributed by atoms with Gasteiger partial charge in [0.1, 0.15) is 24.2 Å². The normalized spacial score (nSPS) is 14.7. The first-order chi connectivity index (χ1) is 31.8. The number of amides is 5. The summed E-state index contributed by atoms with van der Waals surface area (Å²) in [6, 6.07) is 29.3. The van der Waals surface area contributed by atoms with Crippen molar-refractivity contribution in [1.29, 1.82) is 0 Å². The molecule has 0 bridgehead atoms. The maximum Gasteiger partial charge on any atom is 0.243 e. The molecule has 0 spiro atoms. The standard InChI is InChI=1S/C53H66N8O5/c1-7-34(4)35(5)57-50(63)45(26-33(2)3)58-52(65)48(30-39-32-56-43-25-17-15-23-41(39)43)61-51(64)46(28-37-20-12-9-13-21-37)59-53(66)47(29-38-31-55-42-24-16-14-22-40(38)42)60-49(62)44(54-6)27-36-18-10-8-11-19-36/h8-25,31-35,44-48,54-56H,7,26-30H2,1-6H3,(H,57,63)(H,58,65)(H,59,66)(H,60,62)(H,61,64)/t34?,35?,44-,45+,46+,47-,48-/m1/s1. The topological polar surface area (TPSA) is 189 Å². The molecule has 0 fully saturated rings. The first kappa shape index (κ1) is 48.7. The number of fused-ring (bicyclic) bond motifs is 2. The molecule has 6 rings (SSSR count). The second-order valence-electron chi connectivity index (χ2n) is 17.9. The predicted molar refractivity (Wildman–Crippen MR) is 261 cm³/mol. The van der Waals surface area contributed by atoms with Crippen LogP contribution in [0.15, 0.2) is 122 Å². The van der Waals surface area contributed by atoms with Crippen molar-refractivity contribution in [3.05, 3.63) is 144 Å². The summed E-state index contributed by atoms with van der Waals surface area (Å²) in [5.74, 6) is -2.06. The van der Waals surface area contributed by atoms with Crippen LogP contribution < -0.4 is 31.9 Å². The number of likely N-dealkylation sites (N-methyl/N-ethyl adjacent to an activating group) is 1. The second-order valence-corrected chi connectivity index (χ2v) is 17.9. The second kappa shape index (κ2) is 23.5. The summed E-state index contributed by atoms with van der Waals surface area (Å²) in [6.45, 7) is 10.1. The molecule has 2 unspecified atom stereocenters. The van der Waals surface area contributed by atoms with Crippen LogP contribution in [0.5, 0.6) is 0 Å². The summed E-state index contributed by atoms with van der Waals surface area (Å²) < 4.78 is 0. The van der Waals surface area contributed by atoms with Crippen LogP contribution in [0.4, 0.5) is 0 Å². The molecular weight excluding hydrogens is 829 g/mol. The van der Waals surface area contributed by atoms with E-state index in [2.05, 4.69) is 55.7 Å². The van der Waals surface area contributed by atoms with E-state index in [0.29, 0.717) is 12.8 Å². The van der Waals surface area contributed by atoms with Crippen LogP contribution in [0.1, 0.15) is 69.7 Å². The highest BCUT2D eigenvalue weighted by Gasteiger charge is 2.34. The molecule has 0 saturated carbocycles. The number of aromatic nitrogens is 2. The predicted octanol–water partition coefficient (Wildman–Crippen LogP) is 6.04. The number of hydrogen-bond donors (Lipinski definition) is 8. The molecule has 0 aliphatic heterocycles. The quantitative estimate of drug-likeness (QED) is 0.0387. The van der Waals surface area contributed by atoms with Gasteiger partial charge in [-0.15, -0.1) is 0 Å². The maximum absolute atomic E-state index is 14.8. The SMILES string of the molecule is CCC(C)C(C)NC(=O)[C@H](CC(C)C)NC(=O)[C@@H](Cc1c[nH]c2ccccc12)NC(=O)[C@H](Cc1ccccc1)NC(=O)[C@@H](Cc1c[nH]c2ccccc12)NC(=O)[C@@H](Cc1ccccc1)NC. The van der Waals surface area contributed by atoms with Crippen LogP contribution >= 0.6 is 0 Å². The molecule has 13 heteroatoms. The lowest BCUT2D eigenvalue weighted by Gasteiger charge is -2.28. The average molecular weight is 895 g/mol. The van der Waals surface area contributed by atoms with Gasteiger partial charge in [0.05, 0.1) is 6.04 Å². The minimum absolute atomic E-state index is 0.0755. The number of H-pyrrole nitrogens is 2. The van der Waals surface area contributed by atoms with Gasteiger partial charge in [0.2, 0.25) is 29.5 Å². The monoisotopic (exact) mass is 895 g/mol. The number of carbonyl (C=O) groups is 5. The van der Waals surface area contributed by atoms with Gasteiger partial charge in [-0.25, -0.2) is 0 Å². The van der Waals surface area contributed by atoms with Gasteiger partial charge in [0.25, 0.3) is 0 Å². The van der Waals surface area contributed by atoms with E-state index in [0.717, 1.165) is 50.5 Å². The summed E-state index contributed by atoms with van der Waals surface area (Å²) in [6.07, 6.45) is 5.62. The minimum Gasteiger partial charge on any atom is -0.361 e. The molecule has 0 saturated heterocycles. The summed E-state index contributed by atoms with van der Waals surface area (Å²) >= 11 is 0. The Kier molecular flexibility index (Phi) is 17.3. The van der Waals surface area contributed by atoms with Crippen LogP contribution in [0.25, 0.3) is 21.8 Å². The van der Waals surface area contributed by atoms with Gasteiger partial charge >= 0.3 is 0 Å². The first-order valence-corrected chi connectivity index (χ1v) is 23.2. The molecule has 7 atom stereocenters. The average Bonchev–Trinajstić information content (AvgIpc) is 3.93. The van der Waals surface area contributed by atoms with Gasteiger partial charge in [-0.1, -0.05) is 131 Å². The Balaban J connectivity index is 1.30. The Morgan fingerprint density at radius 3 is 1.29 bits per heavy atom. The third-order valence-electron chi connectivity index (χ3n) is 12.5. The van der Waals surface area contributed by atoms with E-state index < -0.39 is 47.9 Å². The number of rotatable bonds is 23. The highest BCUT2D eigenvalue weighted by molar-refractivity contribution is 5.97.